The average molecular weight is 570 g/mol. The third-order valence-corrected chi connectivity index (χ3v) is 4.92. The third kappa shape index (κ3) is 4.11. The lowest BCUT2D eigenvalue weighted by atomic mass is 10.1. The summed E-state index contributed by atoms with van der Waals surface area (Å²) in [5.74, 6) is -2.03. The Hall–Kier alpha value is -1.70. The number of barbiturate groups is 1. The second kappa shape index (κ2) is 7.68. The Morgan fingerprint density at radius 2 is 1.60 bits per heavy atom. The van der Waals surface area contributed by atoms with Gasteiger partial charge in [0.1, 0.15) is 11.3 Å². The van der Waals surface area contributed by atoms with E-state index in [1.165, 1.54) is 20.2 Å². The van der Waals surface area contributed by atoms with Crippen LogP contribution in [-0.4, -0.2) is 59.4 Å². The number of amides is 4. The topological polar surface area (TPSA) is 104 Å². The number of nitrogens with zero attached hydrogens (tertiary/aromatic N) is 2. The predicted octanol–water partition coefficient (Wildman–Crippen LogP) is 1.79. The van der Waals surface area contributed by atoms with Crippen molar-refractivity contribution >= 4 is 75.1 Å². The Balaban J connectivity index is 2.40. The van der Waals surface area contributed by atoms with E-state index in [0.717, 1.165) is 9.80 Å². The summed E-state index contributed by atoms with van der Waals surface area (Å²) in [7, 11) is 2.61. The predicted molar refractivity (Wildman–Crippen MR) is 104 cm³/mol. The molecule has 10 heteroatoms. The number of rotatable bonds is 4. The fraction of sp³-hybridized carbons (Fsp3) is 0.200. The molecule has 1 aliphatic rings. The molecule has 1 saturated heterocycles. The Morgan fingerprint density at radius 3 is 2.04 bits per heavy atom. The van der Waals surface area contributed by atoms with Gasteiger partial charge >= 0.3 is 12.0 Å². The number of hydrogen-bond donors (Lipinski definition) is 1. The number of ether oxygens (including phenoxy) is 1. The molecule has 0 radical (unpaired) electrons. The van der Waals surface area contributed by atoms with E-state index in [2.05, 4.69) is 0 Å². The molecule has 8 nitrogen and oxygen atoms in total. The van der Waals surface area contributed by atoms with E-state index in [1.54, 1.807) is 12.1 Å². The zero-order valence-corrected chi connectivity index (χ0v) is 17.4. The standard InChI is InChI=1S/C15H12I2N2O6/c1-18-13(22)8(14(23)19(2)15(18)24)3-7-4-9(16)12(10(17)5-7)25-6-11(20)21/h3-5H,6H2,1-2H3,(H,20,21). The highest BCUT2D eigenvalue weighted by atomic mass is 127. The zero-order valence-electron chi connectivity index (χ0n) is 13.1. The summed E-state index contributed by atoms with van der Waals surface area (Å²) in [4.78, 5) is 48.5. The van der Waals surface area contributed by atoms with Crippen LogP contribution in [0.4, 0.5) is 4.79 Å². The maximum Gasteiger partial charge on any atom is 0.341 e. The van der Waals surface area contributed by atoms with E-state index in [1.807, 2.05) is 45.2 Å². The molecule has 0 aromatic heterocycles. The van der Waals surface area contributed by atoms with Gasteiger partial charge in [0.15, 0.2) is 6.61 Å². The van der Waals surface area contributed by atoms with E-state index in [4.69, 9.17) is 9.84 Å². The first-order valence-corrected chi connectivity index (χ1v) is 8.94. The number of imide groups is 2. The Morgan fingerprint density at radius 1 is 1.12 bits per heavy atom. The minimum atomic E-state index is -1.09. The van der Waals surface area contributed by atoms with Crippen molar-refractivity contribution < 1.29 is 29.0 Å². The van der Waals surface area contributed by atoms with Crippen LogP contribution in [0.25, 0.3) is 6.08 Å². The first kappa shape index (κ1) is 19.6. The third-order valence-electron chi connectivity index (χ3n) is 3.32. The van der Waals surface area contributed by atoms with Gasteiger partial charge in [0.05, 0.1) is 7.14 Å². The molecule has 25 heavy (non-hydrogen) atoms. The molecule has 1 aromatic carbocycles. The van der Waals surface area contributed by atoms with Crippen molar-refractivity contribution in [2.45, 2.75) is 0 Å². The molecule has 0 bridgehead atoms. The molecule has 1 aliphatic heterocycles. The largest absolute Gasteiger partial charge is 0.480 e. The number of aliphatic carboxylic acids is 1. The van der Waals surface area contributed by atoms with Crippen LogP contribution in [0.1, 0.15) is 5.56 Å². The highest BCUT2D eigenvalue weighted by Gasteiger charge is 2.37. The van der Waals surface area contributed by atoms with Crippen LogP contribution in [0.3, 0.4) is 0 Å². The van der Waals surface area contributed by atoms with Gasteiger partial charge in [-0.1, -0.05) is 0 Å². The van der Waals surface area contributed by atoms with E-state index >= 15 is 0 Å². The minimum absolute atomic E-state index is 0.129. The number of halogens is 2. The van der Waals surface area contributed by atoms with Crippen molar-refractivity contribution in [3.05, 3.63) is 30.4 Å². The van der Waals surface area contributed by atoms with Gasteiger partial charge in [-0.05, 0) is 69.0 Å². The van der Waals surface area contributed by atoms with Crippen LogP contribution in [0.2, 0.25) is 0 Å². The quantitative estimate of drug-likeness (QED) is 0.337. The lowest BCUT2D eigenvalue weighted by molar-refractivity contribution is -0.139. The molecule has 132 valence electrons. The maximum atomic E-state index is 12.2. The summed E-state index contributed by atoms with van der Waals surface area (Å²) in [5, 5.41) is 8.71. The molecular formula is C15H12I2N2O6. The minimum Gasteiger partial charge on any atom is -0.480 e. The van der Waals surface area contributed by atoms with Crippen LogP contribution >= 0.6 is 45.2 Å². The highest BCUT2D eigenvalue weighted by Crippen LogP contribution is 2.30. The van der Waals surface area contributed by atoms with E-state index in [9.17, 15) is 19.2 Å². The lowest BCUT2D eigenvalue weighted by Crippen LogP contribution is -2.52. The van der Waals surface area contributed by atoms with Gasteiger partial charge in [-0.25, -0.2) is 9.59 Å². The first-order chi connectivity index (χ1) is 11.6. The first-order valence-electron chi connectivity index (χ1n) is 6.79. The maximum absolute atomic E-state index is 12.2. The fourth-order valence-corrected chi connectivity index (χ4v) is 4.20. The number of urea groups is 1. The summed E-state index contributed by atoms with van der Waals surface area (Å²) in [6, 6.07) is 2.63. The number of likely N-dealkylation sites (N-methyl/N-ethyl adjacent to an activating group) is 2. The van der Waals surface area contributed by atoms with Gasteiger partial charge in [-0.2, -0.15) is 0 Å². The molecule has 2 rings (SSSR count). The van der Waals surface area contributed by atoms with Crippen LogP contribution in [-0.2, 0) is 14.4 Å². The number of benzene rings is 1. The van der Waals surface area contributed by atoms with Crippen LogP contribution in [0.5, 0.6) is 5.75 Å². The van der Waals surface area contributed by atoms with Crippen molar-refractivity contribution in [1.29, 1.82) is 0 Å². The number of carbonyl (C=O) groups excluding carboxylic acids is 3. The fourth-order valence-electron chi connectivity index (χ4n) is 2.08. The van der Waals surface area contributed by atoms with Gasteiger partial charge in [-0.15, -0.1) is 0 Å². The summed E-state index contributed by atoms with van der Waals surface area (Å²) >= 11 is 3.96. The van der Waals surface area contributed by atoms with E-state index < -0.39 is 30.4 Å². The second-order valence-electron chi connectivity index (χ2n) is 5.07. The molecule has 0 spiro atoms. The number of hydrogen-bond acceptors (Lipinski definition) is 5. The number of carboxylic acids is 1. The molecule has 1 N–H and O–H groups in total. The molecule has 0 atom stereocenters. The van der Waals surface area contributed by atoms with Crippen LogP contribution < -0.4 is 4.74 Å². The Bertz CT molecular complexity index is 771. The molecule has 4 amide bonds. The van der Waals surface area contributed by atoms with Crippen LogP contribution in [0.15, 0.2) is 17.7 Å². The van der Waals surface area contributed by atoms with Gasteiger partial charge in [0, 0.05) is 14.1 Å². The van der Waals surface area contributed by atoms with Crippen LogP contribution in [0, 0.1) is 7.14 Å². The summed E-state index contributed by atoms with van der Waals surface area (Å²) in [6.07, 6.45) is 1.40. The molecule has 0 saturated carbocycles. The van der Waals surface area contributed by atoms with E-state index in [0.29, 0.717) is 18.5 Å². The second-order valence-corrected chi connectivity index (χ2v) is 7.39. The van der Waals surface area contributed by atoms with Crippen molar-refractivity contribution in [3.8, 4) is 5.75 Å². The number of carbonyl (C=O) groups is 4. The van der Waals surface area contributed by atoms with Gasteiger partial charge < -0.3 is 9.84 Å². The highest BCUT2D eigenvalue weighted by molar-refractivity contribution is 14.1. The molecule has 1 heterocycles. The van der Waals surface area contributed by atoms with Crippen molar-refractivity contribution in [2.24, 2.45) is 0 Å². The molecule has 1 fully saturated rings. The molecule has 0 aliphatic carbocycles. The van der Waals surface area contributed by atoms with Crippen molar-refractivity contribution in [2.75, 3.05) is 20.7 Å². The zero-order chi connectivity index (χ0) is 18.9. The molecular weight excluding hydrogens is 558 g/mol. The summed E-state index contributed by atoms with van der Waals surface area (Å²) < 4.78 is 6.50. The average Bonchev–Trinajstić information content (AvgIpc) is 2.54. The smallest absolute Gasteiger partial charge is 0.341 e. The van der Waals surface area contributed by atoms with Crippen molar-refractivity contribution in [3.63, 3.8) is 0 Å². The Kier molecular flexibility index (Phi) is 6.03. The SMILES string of the molecule is CN1C(=O)C(=Cc2cc(I)c(OCC(=O)O)c(I)c2)C(=O)N(C)C1=O. The van der Waals surface area contributed by atoms with E-state index in [-0.39, 0.29) is 5.57 Å². The monoisotopic (exact) mass is 570 g/mol. The number of carboxylic acid groups (broad SMARTS) is 1. The molecule has 0 unspecified atom stereocenters. The summed E-state index contributed by atoms with van der Waals surface area (Å²) in [6.45, 7) is -0.471. The van der Waals surface area contributed by atoms with Gasteiger partial charge in [0.2, 0.25) is 0 Å². The Labute approximate surface area is 170 Å². The lowest BCUT2D eigenvalue weighted by Gasteiger charge is -2.28. The van der Waals surface area contributed by atoms with Gasteiger partial charge in [-0.3, -0.25) is 19.4 Å². The summed E-state index contributed by atoms with van der Waals surface area (Å²) in [5.41, 5.74) is 0.430. The van der Waals surface area contributed by atoms with Gasteiger partial charge in [0.25, 0.3) is 11.8 Å². The normalized spacial score (nSPS) is 14.9. The van der Waals surface area contributed by atoms with Crippen molar-refractivity contribution in [1.82, 2.24) is 9.80 Å². The molecule has 1 aromatic rings.